The molecule has 3 heteroatoms. The zero-order chi connectivity index (χ0) is 11.4. The molecule has 0 bridgehead atoms. The average Bonchev–Trinajstić information content (AvgIpc) is 2.94. The Balaban J connectivity index is 0.000000205. The van der Waals surface area contributed by atoms with Crippen LogP contribution in [0.3, 0.4) is 0 Å². The molecule has 0 saturated heterocycles. The van der Waals surface area contributed by atoms with Gasteiger partial charge in [0.25, 0.3) is 0 Å². The molecular weight excluding hydrogens is 256 g/mol. The fourth-order valence-electron chi connectivity index (χ4n) is 2.00. The summed E-state index contributed by atoms with van der Waals surface area (Å²) < 4.78 is 0. The van der Waals surface area contributed by atoms with E-state index in [9.17, 15) is 10.2 Å². The number of hydrogen-bond donors (Lipinski definition) is 2. The van der Waals surface area contributed by atoms with E-state index < -0.39 is 0 Å². The first kappa shape index (κ1) is 14.2. The third-order valence-corrected chi connectivity index (χ3v) is 2.87. The average molecular weight is 272 g/mol. The van der Waals surface area contributed by atoms with Gasteiger partial charge in [0, 0.05) is 23.2 Å². The van der Waals surface area contributed by atoms with Crippen molar-refractivity contribution >= 4 is 0 Å². The molecule has 2 atom stereocenters. The summed E-state index contributed by atoms with van der Waals surface area (Å²) in [6.45, 7) is 0. The van der Waals surface area contributed by atoms with Crippen molar-refractivity contribution in [1.82, 2.24) is 0 Å². The molecule has 2 aromatic carbocycles. The molecule has 0 aliphatic heterocycles. The van der Waals surface area contributed by atoms with E-state index in [0.29, 0.717) is 12.8 Å². The summed E-state index contributed by atoms with van der Waals surface area (Å²) in [7, 11) is 0. The van der Waals surface area contributed by atoms with Crippen LogP contribution >= 0.6 is 0 Å². The molecule has 0 saturated carbocycles. The third kappa shape index (κ3) is 3.55. The summed E-state index contributed by atoms with van der Waals surface area (Å²) in [5.74, 6) is 0. The second kappa shape index (κ2) is 6.77. The molecule has 17 heavy (non-hydrogen) atoms. The third-order valence-electron chi connectivity index (χ3n) is 2.87. The molecule has 0 heterocycles. The van der Waals surface area contributed by atoms with E-state index in [4.69, 9.17) is 0 Å². The summed E-state index contributed by atoms with van der Waals surface area (Å²) in [5.41, 5.74) is 1.81. The van der Waals surface area contributed by atoms with Crippen LogP contribution in [-0.4, -0.2) is 10.2 Å². The minimum atomic E-state index is -0.358. The number of fused-ring (bicyclic) bond motifs is 1. The van der Waals surface area contributed by atoms with Crippen molar-refractivity contribution in [3.05, 3.63) is 59.7 Å². The molecule has 2 unspecified atom stereocenters. The molecule has 0 aromatic heterocycles. The predicted octanol–water partition coefficient (Wildman–Crippen LogP) is 2.67. The standard InChI is InChI=1S/C9H11O2.C5H5.Fe/c10-8-4-5-9(11)7-3-1-2-6(7)8;1-2-4-5-3-1;/h1-3,8-11H,4-5H2;1-5H;/q2*-1;. The zero-order valence-corrected chi connectivity index (χ0v) is 10.5. The first-order valence-electron chi connectivity index (χ1n) is 5.57. The van der Waals surface area contributed by atoms with Gasteiger partial charge in [-0.3, -0.25) is 0 Å². The van der Waals surface area contributed by atoms with Gasteiger partial charge < -0.3 is 10.2 Å². The fourth-order valence-corrected chi connectivity index (χ4v) is 2.00. The maximum absolute atomic E-state index is 9.46. The van der Waals surface area contributed by atoms with E-state index in [2.05, 4.69) is 0 Å². The van der Waals surface area contributed by atoms with E-state index in [1.807, 2.05) is 48.5 Å². The minimum Gasteiger partial charge on any atom is -0.402 e. The Bertz CT molecular complexity index is 364. The van der Waals surface area contributed by atoms with Crippen LogP contribution in [0.2, 0.25) is 0 Å². The van der Waals surface area contributed by atoms with Gasteiger partial charge >= 0.3 is 0 Å². The van der Waals surface area contributed by atoms with E-state index in [1.54, 1.807) is 0 Å². The van der Waals surface area contributed by atoms with Crippen LogP contribution in [0.4, 0.5) is 0 Å². The largest absolute Gasteiger partial charge is 0.402 e. The SMILES string of the molecule is OC1CCC(O)c2[cH-]ccc21.[Fe].c1cc[cH-]c1. The van der Waals surface area contributed by atoms with Gasteiger partial charge in [0.05, 0.1) is 6.10 Å². The molecule has 3 rings (SSSR count). The van der Waals surface area contributed by atoms with Crippen LogP contribution in [0.15, 0.2) is 48.5 Å². The van der Waals surface area contributed by atoms with Crippen molar-refractivity contribution in [2.24, 2.45) is 0 Å². The van der Waals surface area contributed by atoms with Gasteiger partial charge in [-0.1, -0.05) is 0 Å². The maximum Gasteiger partial charge on any atom is 0.0565 e. The number of aliphatic hydroxyl groups excluding tert-OH is 2. The van der Waals surface area contributed by atoms with Crippen molar-refractivity contribution in [3.8, 4) is 0 Å². The number of rotatable bonds is 0. The number of hydrogen-bond acceptors (Lipinski definition) is 2. The van der Waals surface area contributed by atoms with Gasteiger partial charge in [0.2, 0.25) is 0 Å². The van der Waals surface area contributed by atoms with Gasteiger partial charge in [-0.2, -0.15) is 35.9 Å². The van der Waals surface area contributed by atoms with Crippen molar-refractivity contribution in [1.29, 1.82) is 0 Å². The number of aliphatic hydroxyl groups is 2. The molecule has 0 radical (unpaired) electrons. The summed E-state index contributed by atoms with van der Waals surface area (Å²) in [5, 5.41) is 18.9. The van der Waals surface area contributed by atoms with E-state index in [0.717, 1.165) is 11.1 Å². The molecule has 2 N–H and O–H groups in total. The molecule has 1 aliphatic carbocycles. The molecule has 2 nitrogen and oxygen atoms in total. The fraction of sp³-hybridized carbons (Fsp3) is 0.286. The van der Waals surface area contributed by atoms with Gasteiger partial charge in [0.1, 0.15) is 0 Å². The van der Waals surface area contributed by atoms with Crippen molar-refractivity contribution in [2.75, 3.05) is 0 Å². The Labute approximate surface area is 112 Å². The molecule has 0 spiro atoms. The van der Waals surface area contributed by atoms with Crippen LogP contribution in [0, 0.1) is 0 Å². The molecule has 1 aliphatic rings. The molecule has 0 amide bonds. The van der Waals surface area contributed by atoms with Crippen molar-refractivity contribution in [3.63, 3.8) is 0 Å². The van der Waals surface area contributed by atoms with Crippen LogP contribution in [-0.2, 0) is 17.1 Å². The zero-order valence-electron chi connectivity index (χ0n) is 9.44. The summed E-state index contributed by atoms with van der Waals surface area (Å²) in [6, 6.07) is 15.6. The summed E-state index contributed by atoms with van der Waals surface area (Å²) in [6.07, 6.45) is 0.642. The van der Waals surface area contributed by atoms with Crippen LogP contribution in [0.1, 0.15) is 36.2 Å². The molecule has 94 valence electrons. The Kier molecular flexibility index (Phi) is 5.66. The van der Waals surface area contributed by atoms with Crippen molar-refractivity contribution in [2.45, 2.75) is 25.0 Å². The Morgan fingerprint density at radius 3 is 2.18 bits per heavy atom. The van der Waals surface area contributed by atoms with Crippen LogP contribution < -0.4 is 0 Å². The molecule has 0 fully saturated rings. The Morgan fingerprint density at radius 1 is 1.00 bits per heavy atom. The van der Waals surface area contributed by atoms with E-state index in [-0.39, 0.29) is 29.3 Å². The summed E-state index contributed by atoms with van der Waals surface area (Å²) in [4.78, 5) is 0. The minimum absolute atomic E-state index is 0. The first-order valence-corrected chi connectivity index (χ1v) is 5.57. The van der Waals surface area contributed by atoms with Crippen LogP contribution in [0.5, 0.6) is 0 Å². The monoisotopic (exact) mass is 272 g/mol. The normalized spacial score (nSPS) is 21.8. The molecule has 2 aromatic rings. The second-order valence-corrected chi connectivity index (χ2v) is 4.01. The van der Waals surface area contributed by atoms with Crippen LogP contribution in [0.25, 0.3) is 0 Å². The first-order chi connectivity index (χ1) is 7.79. The Hall–Kier alpha value is -0.861. The van der Waals surface area contributed by atoms with E-state index >= 15 is 0 Å². The maximum atomic E-state index is 9.46. The van der Waals surface area contributed by atoms with E-state index in [1.165, 1.54) is 0 Å². The van der Waals surface area contributed by atoms with Gasteiger partial charge in [-0.05, 0) is 12.8 Å². The van der Waals surface area contributed by atoms with Gasteiger partial charge in [-0.15, -0.1) is 5.56 Å². The summed E-state index contributed by atoms with van der Waals surface area (Å²) >= 11 is 0. The van der Waals surface area contributed by atoms with Gasteiger partial charge in [0.15, 0.2) is 0 Å². The predicted molar refractivity (Wildman–Crippen MR) is 63.2 cm³/mol. The smallest absolute Gasteiger partial charge is 0.0565 e. The topological polar surface area (TPSA) is 40.5 Å². The van der Waals surface area contributed by atoms with Crippen molar-refractivity contribution < 1.29 is 27.3 Å². The van der Waals surface area contributed by atoms with Gasteiger partial charge in [-0.25, -0.2) is 18.2 Å². The quantitative estimate of drug-likeness (QED) is 0.571. The second-order valence-electron chi connectivity index (χ2n) is 4.01. The molecular formula is C14H16FeO2-2. The Morgan fingerprint density at radius 2 is 1.65 bits per heavy atom.